The van der Waals surface area contributed by atoms with Crippen LogP contribution in [0.25, 0.3) is 6.08 Å². The molecule has 6 nitrogen and oxygen atoms in total. The Morgan fingerprint density at radius 2 is 1.86 bits per heavy atom. The molecule has 36 heavy (non-hydrogen) atoms. The summed E-state index contributed by atoms with van der Waals surface area (Å²) >= 11 is 7.72. The van der Waals surface area contributed by atoms with E-state index in [1.165, 1.54) is 23.9 Å². The molecule has 3 aromatic rings. The number of carbonyl (C=O) groups excluding carboxylic acids is 1. The molecular weight excluding hydrogens is 496 g/mol. The number of para-hydroxylation sites is 1. The first-order valence-electron chi connectivity index (χ1n) is 11.5. The normalized spacial score (nSPS) is 16.5. The van der Waals surface area contributed by atoms with E-state index in [1.807, 2.05) is 56.3 Å². The van der Waals surface area contributed by atoms with E-state index in [0.717, 1.165) is 23.2 Å². The molecule has 1 fully saturated rings. The van der Waals surface area contributed by atoms with E-state index in [4.69, 9.17) is 26.4 Å². The summed E-state index contributed by atoms with van der Waals surface area (Å²) in [7, 11) is 0. The molecule has 4 rings (SSSR count). The van der Waals surface area contributed by atoms with E-state index in [0.29, 0.717) is 20.8 Å². The molecule has 0 radical (unpaired) electrons. The van der Waals surface area contributed by atoms with Crippen molar-refractivity contribution in [1.82, 2.24) is 4.90 Å². The molecule has 1 aliphatic heterocycles. The van der Waals surface area contributed by atoms with Crippen molar-refractivity contribution in [2.24, 2.45) is 4.99 Å². The largest absolute Gasteiger partial charge is 0.489 e. The molecule has 0 spiro atoms. The third kappa shape index (κ3) is 6.17. The molecule has 184 valence electrons. The number of carbonyl (C=O) groups is 2. The number of halogens is 1. The van der Waals surface area contributed by atoms with Crippen LogP contribution in [-0.4, -0.2) is 33.2 Å². The lowest BCUT2D eigenvalue weighted by molar-refractivity contribution is -0.122. The fourth-order valence-corrected chi connectivity index (χ4v) is 4.66. The van der Waals surface area contributed by atoms with Gasteiger partial charge in [0.1, 0.15) is 5.75 Å². The first kappa shape index (κ1) is 25.5. The zero-order chi connectivity index (χ0) is 25.7. The minimum absolute atomic E-state index is 0.0496. The standard InChI is InChI=1S/C28H25ClN2O4S/c1-3-18(2)35-24-14-11-20(15-23(24)29)16-25-26(32)31(17-19-9-12-21(13-10-19)27(33)34)28(36-25)30-22-7-5-4-6-8-22/h4-16,18H,3,17H2,1-2H3,(H,33,34)/b25-16-,30-28?/t18-/m0/s1. The molecule has 0 aliphatic carbocycles. The number of carboxylic acid groups (broad SMARTS) is 1. The summed E-state index contributed by atoms with van der Waals surface area (Å²) in [5, 5.41) is 10.2. The average Bonchev–Trinajstić information content (AvgIpc) is 3.15. The summed E-state index contributed by atoms with van der Waals surface area (Å²) in [5.74, 6) is -0.575. The summed E-state index contributed by atoms with van der Waals surface area (Å²) in [6.45, 7) is 4.29. The van der Waals surface area contributed by atoms with Gasteiger partial charge in [-0.1, -0.05) is 54.9 Å². The number of hydrogen-bond donors (Lipinski definition) is 1. The monoisotopic (exact) mass is 520 g/mol. The highest BCUT2D eigenvalue weighted by Gasteiger charge is 2.33. The number of carboxylic acids is 1. The van der Waals surface area contributed by atoms with E-state index < -0.39 is 5.97 Å². The van der Waals surface area contributed by atoms with E-state index in [9.17, 15) is 9.59 Å². The molecule has 1 atom stereocenters. The van der Waals surface area contributed by atoms with Crippen LogP contribution in [-0.2, 0) is 11.3 Å². The summed E-state index contributed by atoms with van der Waals surface area (Å²) < 4.78 is 5.84. The zero-order valence-corrected chi connectivity index (χ0v) is 21.4. The molecule has 1 aliphatic rings. The smallest absolute Gasteiger partial charge is 0.335 e. The number of amides is 1. The van der Waals surface area contributed by atoms with Crippen LogP contribution in [0.3, 0.4) is 0 Å². The molecule has 1 saturated heterocycles. The molecule has 1 N–H and O–H groups in total. The SMILES string of the molecule is CC[C@H](C)Oc1ccc(/C=C2\SC(=Nc3ccccc3)N(Cc3ccc(C(=O)O)cc3)C2=O)cc1Cl. The second-order valence-corrected chi connectivity index (χ2v) is 9.68. The Hall–Kier alpha value is -3.55. The summed E-state index contributed by atoms with van der Waals surface area (Å²) in [6.07, 6.45) is 2.71. The lowest BCUT2D eigenvalue weighted by Gasteiger charge is -2.16. The summed E-state index contributed by atoms with van der Waals surface area (Å²) in [6, 6.07) is 21.3. The van der Waals surface area contributed by atoms with Gasteiger partial charge in [-0.3, -0.25) is 9.69 Å². The molecule has 0 aromatic heterocycles. The van der Waals surface area contributed by atoms with Gasteiger partial charge in [-0.15, -0.1) is 0 Å². The number of ether oxygens (including phenoxy) is 1. The second kappa shape index (κ2) is 11.5. The lowest BCUT2D eigenvalue weighted by atomic mass is 10.1. The molecule has 1 heterocycles. The van der Waals surface area contributed by atoms with E-state index in [2.05, 4.69) is 0 Å². The molecule has 0 saturated carbocycles. The fraction of sp³-hybridized carbons (Fsp3) is 0.179. The number of aliphatic imine (C=N–C) groups is 1. The Bertz CT molecular complexity index is 1320. The van der Waals surface area contributed by atoms with Gasteiger partial charge >= 0.3 is 5.97 Å². The van der Waals surface area contributed by atoms with Crippen LogP contribution in [0.2, 0.25) is 5.02 Å². The average molecular weight is 521 g/mol. The summed E-state index contributed by atoms with van der Waals surface area (Å²) in [5.41, 5.74) is 2.50. The van der Waals surface area contributed by atoms with Gasteiger partial charge in [-0.2, -0.15) is 0 Å². The van der Waals surface area contributed by atoms with Gasteiger partial charge in [0.15, 0.2) is 5.17 Å². The molecule has 0 bridgehead atoms. The van der Waals surface area contributed by atoms with Gasteiger partial charge in [0.25, 0.3) is 5.91 Å². The van der Waals surface area contributed by atoms with Crippen LogP contribution in [0, 0.1) is 0 Å². The Morgan fingerprint density at radius 1 is 1.14 bits per heavy atom. The van der Waals surface area contributed by atoms with Gasteiger partial charge in [0.2, 0.25) is 0 Å². The van der Waals surface area contributed by atoms with E-state index in [-0.39, 0.29) is 24.1 Å². The van der Waals surface area contributed by atoms with Crippen LogP contribution in [0.15, 0.2) is 82.7 Å². The van der Waals surface area contributed by atoms with Crippen molar-refractivity contribution in [3.8, 4) is 5.75 Å². The first-order valence-corrected chi connectivity index (χ1v) is 12.7. The maximum atomic E-state index is 13.4. The van der Waals surface area contributed by atoms with Crippen molar-refractivity contribution >= 4 is 52.2 Å². The molecule has 0 unspecified atom stereocenters. The molecule has 1 amide bonds. The van der Waals surface area contributed by atoms with Crippen molar-refractivity contribution < 1.29 is 19.4 Å². The Balaban J connectivity index is 1.63. The van der Waals surface area contributed by atoms with Crippen LogP contribution >= 0.6 is 23.4 Å². The highest BCUT2D eigenvalue weighted by Crippen LogP contribution is 2.36. The maximum absolute atomic E-state index is 13.4. The number of nitrogens with zero attached hydrogens (tertiary/aromatic N) is 2. The van der Waals surface area contributed by atoms with Crippen molar-refractivity contribution in [3.05, 3.63) is 99.4 Å². The predicted molar refractivity (Wildman–Crippen MR) is 145 cm³/mol. The number of hydrogen-bond acceptors (Lipinski definition) is 5. The van der Waals surface area contributed by atoms with E-state index >= 15 is 0 Å². The minimum atomic E-state index is -0.995. The second-order valence-electron chi connectivity index (χ2n) is 8.26. The van der Waals surface area contributed by atoms with Crippen LogP contribution in [0.1, 0.15) is 41.8 Å². The van der Waals surface area contributed by atoms with E-state index in [1.54, 1.807) is 29.2 Å². The number of amidine groups is 1. The first-order chi connectivity index (χ1) is 17.3. The number of aromatic carboxylic acids is 1. The van der Waals surface area contributed by atoms with Gasteiger partial charge in [0.05, 0.1) is 33.8 Å². The van der Waals surface area contributed by atoms with Gasteiger partial charge in [-0.05, 0) is 78.7 Å². The van der Waals surface area contributed by atoms with Crippen LogP contribution in [0.4, 0.5) is 5.69 Å². The van der Waals surface area contributed by atoms with Gasteiger partial charge in [-0.25, -0.2) is 9.79 Å². The minimum Gasteiger partial charge on any atom is -0.489 e. The number of benzene rings is 3. The van der Waals surface area contributed by atoms with Gasteiger partial charge < -0.3 is 9.84 Å². The third-order valence-corrected chi connectivity index (χ3v) is 6.87. The number of rotatable bonds is 8. The third-order valence-electron chi connectivity index (χ3n) is 5.57. The zero-order valence-electron chi connectivity index (χ0n) is 19.8. The van der Waals surface area contributed by atoms with Crippen molar-refractivity contribution in [2.75, 3.05) is 0 Å². The van der Waals surface area contributed by atoms with Crippen molar-refractivity contribution in [1.29, 1.82) is 0 Å². The van der Waals surface area contributed by atoms with Crippen LogP contribution in [0.5, 0.6) is 5.75 Å². The summed E-state index contributed by atoms with van der Waals surface area (Å²) in [4.78, 5) is 31.4. The molecule has 8 heteroatoms. The quantitative estimate of drug-likeness (QED) is 0.323. The Labute approximate surface area is 219 Å². The van der Waals surface area contributed by atoms with Crippen molar-refractivity contribution in [3.63, 3.8) is 0 Å². The maximum Gasteiger partial charge on any atom is 0.335 e. The van der Waals surface area contributed by atoms with Gasteiger partial charge in [0, 0.05) is 0 Å². The lowest BCUT2D eigenvalue weighted by Crippen LogP contribution is -2.28. The Morgan fingerprint density at radius 3 is 2.50 bits per heavy atom. The highest BCUT2D eigenvalue weighted by atomic mass is 35.5. The Kier molecular flexibility index (Phi) is 8.13. The van der Waals surface area contributed by atoms with Crippen molar-refractivity contribution in [2.45, 2.75) is 32.9 Å². The predicted octanol–water partition coefficient (Wildman–Crippen LogP) is 7.02. The topological polar surface area (TPSA) is 79.2 Å². The number of thioether (sulfide) groups is 1. The molecule has 3 aromatic carbocycles. The highest BCUT2D eigenvalue weighted by molar-refractivity contribution is 8.18. The van der Waals surface area contributed by atoms with Crippen LogP contribution < -0.4 is 4.74 Å². The molecular formula is C28H25ClN2O4S. The fourth-order valence-electron chi connectivity index (χ4n) is 3.43.